The number of sulfone groups is 1. The highest BCUT2D eigenvalue weighted by Gasteiger charge is 2.31. The predicted molar refractivity (Wildman–Crippen MR) is 78.5 cm³/mol. The molecule has 20 heavy (non-hydrogen) atoms. The van der Waals surface area contributed by atoms with Crippen LogP contribution in [0.5, 0.6) is 0 Å². The molecule has 1 aliphatic rings. The molecule has 1 aliphatic carbocycles. The van der Waals surface area contributed by atoms with Crippen LogP contribution in [0.4, 0.5) is 0 Å². The van der Waals surface area contributed by atoms with Gasteiger partial charge in [0.25, 0.3) is 0 Å². The molecule has 0 amide bonds. The summed E-state index contributed by atoms with van der Waals surface area (Å²) in [6.45, 7) is 5.58. The minimum Gasteiger partial charge on any atom is -0.389 e. The van der Waals surface area contributed by atoms with Crippen molar-refractivity contribution in [3.05, 3.63) is 17.0 Å². The second kappa shape index (κ2) is 5.48. The number of hydrogen-bond donors (Lipinski definition) is 1. The highest BCUT2D eigenvalue weighted by molar-refractivity contribution is 7.91. The van der Waals surface area contributed by atoms with E-state index in [1.54, 1.807) is 6.92 Å². The molecule has 1 fully saturated rings. The van der Waals surface area contributed by atoms with E-state index in [0.717, 1.165) is 36.2 Å². The van der Waals surface area contributed by atoms with Crippen LogP contribution in [0.2, 0.25) is 0 Å². The van der Waals surface area contributed by atoms with Crippen LogP contribution >= 0.6 is 0 Å². The monoisotopic (exact) mass is 300 g/mol. The van der Waals surface area contributed by atoms with Crippen molar-refractivity contribution in [1.29, 1.82) is 0 Å². The van der Waals surface area contributed by atoms with Crippen LogP contribution < -0.4 is 0 Å². The molecule has 1 heterocycles. The molecule has 1 aromatic heterocycles. The van der Waals surface area contributed by atoms with Crippen LogP contribution in [-0.2, 0) is 9.84 Å². The van der Waals surface area contributed by atoms with Gasteiger partial charge in [-0.15, -0.1) is 0 Å². The van der Waals surface area contributed by atoms with Crippen molar-refractivity contribution < 1.29 is 13.5 Å². The summed E-state index contributed by atoms with van der Waals surface area (Å²) in [6, 6.07) is 0.120. The first-order chi connectivity index (χ1) is 9.21. The molecule has 5 nitrogen and oxygen atoms in total. The largest absolute Gasteiger partial charge is 0.389 e. The van der Waals surface area contributed by atoms with E-state index in [-0.39, 0.29) is 11.3 Å². The van der Waals surface area contributed by atoms with Gasteiger partial charge in [0.2, 0.25) is 0 Å². The van der Waals surface area contributed by atoms with E-state index in [1.807, 2.05) is 18.5 Å². The Labute approximate surface area is 120 Å². The van der Waals surface area contributed by atoms with E-state index in [0.29, 0.717) is 6.42 Å². The summed E-state index contributed by atoms with van der Waals surface area (Å²) in [5.41, 5.74) is 2.65. The molecule has 1 N–H and O–H groups in total. The van der Waals surface area contributed by atoms with Crippen LogP contribution in [0, 0.1) is 13.8 Å². The molecular weight excluding hydrogens is 276 g/mol. The second-order valence-corrected chi connectivity index (χ2v) is 8.30. The van der Waals surface area contributed by atoms with Crippen LogP contribution in [0.15, 0.2) is 0 Å². The topological polar surface area (TPSA) is 72.2 Å². The summed E-state index contributed by atoms with van der Waals surface area (Å²) in [5, 5.41) is 14.1. The highest BCUT2D eigenvalue weighted by atomic mass is 32.2. The lowest BCUT2D eigenvalue weighted by atomic mass is 9.94. The fraction of sp³-hybridized carbons (Fsp3) is 0.786. The quantitative estimate of drug-likeness (QED) is 0.927. The minimum absolute atomic E-state index is 0.120. The van der Waals surface area contributed by atoms with E-state index >= 15 is 0 Å². The standard InChI is InChI=1S/C14H24N2O3S/c1-9-14(11(3)17)10(2)16(15-9)12-6-5-7-13(8-12)20(4,18)19/h11-13,17H,5-8H2,1-4H3. The van der Waals surface area contributed by atoms with Crippen molar-refractivity contribution in [2.75, 3.05) is 6.26 Å². The number of nitrogens with zero attached hydrogens (tertiary/aromatic N) is 2. The molecule has 1 aromatic rings. The van der Waals surface area contributed by atoms with Gasteiger partial charge in [-0.25, -0.2) is 8.42 Å². The predicted octanol–water partition coefficient (Wildman–Crippen LogP) is 2.08. The van der Waals surface area contributed by atoms with Gasteiger partial charge < -0.3 is 5.11 Å². The zero-order valence-corrected chi connectivity index (χ0v) is 13.4. The average Bonchev–Trinajstić information content (AvgIpc) is 2.64. The van der Waals surface area contributed by atoms with Crippen LogP contribution in [0.25, 0.3) is 0 Å². The molecule has 0 bridgehead atoms. The SMILES string of the molecule is Cc1nn(C2CCCC(S(C)(=O)=O)C2)c(C)c1C(C)O. The lowest BCUT2D eigenvalue weighted by Crippen LogP contribution is -2.29. The molecule has 0 radical (unpaired) electrons. The van der Waals surface area contributed by atoms with Crippen LogP contribution in [0.3, 0.4) is 0 Å². The van der Waals surface area contributed by atoms with Crippen LogP contribution in [0.1, 0.15) is 61.7 Å². The fourth-order valence-corrected chi connectivity index (χ4v) is 4.53. The fourth-order valence-electron chi connectivity index (χ4n) is 3.37. The zero-order valence-electron chi connectivity index (χ0n) is 12.6. The van der Waals surface area contributed by atoms with Crippen LogP contribution in [-0.4, -0.2) is 34.8 Å². The van der Waals surface area contributed by atoms with Crippen molar-refractivity contribution in [3.8, 4) is 0 Å². The number of aliphatic hydroxyl groups is 1. The Morgan fingerprint density at radius 2 is 2.00 bits per heavy atom. The first kappa shape index (κ1) is 15.5. The lowest BCUT2D eigenvalue weighted by Gasteiger charge is -2.29. The third-order valence-corrected chi connectivity index (χ3v) is 5.99. The molecule has 2 rings (SSSR count). The molecule has 114 valence electrons. The molecule has 3 atom stereocenters. The Bertz CT molecular complexity index is 590. The maximum Gasteiger partial charge on any atom is 0.150 e. The van der Waals surface area contributed by atoms with Gasteiger partial charge in [-0.2, -0.15) is 5.10 Å². The Morgan fingerprint density at radius 1 is 1.35 bits per heavy atom. The summed E-state index contributed by atoms with van der Waals surface area (Å²) in [4.78, 5) is 0. The number of aliphatic hydroxyl groups excluding tert-OH is 1. The van der Waals surface area contributed by atoms with E-state index in [4.69, 9.17) is 0 Å². The van der Waals surface area contributed by atoms with E-state index in [1.165, 1.54) is 6.26 Å². The Hall–Kier alpha value is -0.880. The molecule has 1 saturated carbocycles. The highest BCUT2D eigenvalue weighted by Crippen LogP contribution is 2.34. The average molecular weight is 300 g/mol. The van der Waals surface area contributed by atoms with E-state index < -0.39 is 15.9 Å². The first-order valence-corrected chi connectivity index (χ1v) is 9.09. The summed E-state index contributed by atoms with van der Waals surface area (Å²) in [7, 11) is -2.99. The normalized spacial score (nSPS) is 25.6. The van der Waals surface area contributed by atoms with Crippen molar-refractivity contribution in [1.82, 2.24) is 9.78 Å². The molecule has 6 heteroatoms. The Morgan fingerprint density at radius 3 is 2.50 bits per heavy atom. The van der Waals surface area contributed by atoms with Gasteiger partial charge in [-0.3, -0.25) is 4.68 Å². The molecule has 3 unspecified atom stereocenters. The molecule has 0 aromatic carbocycles. The molecular formula is C14H24N2O3S. The first-order valence-electron chi connectivity index (χ1n) is 7.14. The Kier molecular flexibility index (Phi) is 4.25. The summed E-state index contributed by atoms with van der Waals surface area (Å²) < 4.78 is 25.4. The Balaban J connectivity index is 2.30. The summed E-state index contributed by atoms with van der Waals surface area (Å²) >= 11 is 0. The molecule has 0 aliphatic heterocycles. The van der Waals surface area contributed by atoms with Crippen molar-refractivity contribution >= 4 is 9.84 Å². The van der Waals surface area contributed by atoms with Gasteiger partial charge in [-0.05, 0) is 40.0 Å². The van der Waals surface area contributed by atoms with E-state index in [9.17, 15) is 13.5 Å². The van der Waals surface area contributed by atoms with Gasteiger partial charge in [0.05, 0.1) is 23.1 Å². The molecule has 0 saturated heterocycles. The lowest BCUT2D eigenvalue weighted by molar-refractivity contribution is 0.197. The van der Waals surface area contributed by atoms with Crippen molar-refractivity contribution in [3.63, 3.8) is 0 Å². The maximum absolute atomic E-state index is 11.8. The van der Waals surface area contributed by atoms with Gasteiger partial charge in [0.15, 0.2) is 0 Å². The second-order valence-electron chi connectivity index (χ2n) is 5.98. The summed E-state index contributed by atoms with van der Waals surface area (Å²) in [5.74, 6) is 0. The zero-order chi connectivity index (χ0) is 15.1. The maximum atomic E-state index is 11.8. The minimum atomic E-state index is -2.99. The third kappa shape index (κ3) is 2.91. The molecule has 0 spiro atoms. The van der Waals surface area contributed by atoms with Gasteiger partial charge in [-0.1, -0.05) is 6.42 Å². The number of aryl methyl sites for hydroxylation is 1. The van der Waals surface area contributed by atoms with Crippen molar-refractivity contribution in [2.24, 2.45) is 0 Å². The smallest absolute Gasteiger partial charge is 0.150 e. The van der Waals surface area contributed by atoms with Crippen molar-refractivity contribution in [2.45, 2.75) is 63.9 Å². The number of rotatable bonds is 3. The third-order valence-electron chi connectivity index (χ3n) is 4.35. The summed E-state index contributed by atoms with van der Waals surface area (Å²) in [6.07, 6.45) is 4.01. The van der Waals surface area contributed by atoms with Gasteiger partial charge >= 0.3 is 0 Å². The van der Waals surface area contributed by atoms with Gasteiger partial charge in [0, 0.05) is 17.5 Å². The van der Waals surface area contributed by atoms with E-state index in [2.05, 4.69) is 5.10 Å². The number of aromatic nitrogens is 2. The number of hydrogen-bond acceptors (Lipinski definition) is 4. The van der Waals surface area contributed by atoms with Gasteiger partial charge in [0.1, 0.15) is 9.84 Å².